The normalized spacial score (nSPS) is 10.0. The van der Waals surface area contributed by atoms with E-state index < -0.39 is 0 Å². The highest BCUT2D eigenvalue weighted by Crippen LogP contribution is 2.36. The summed E-state index contributed by atoms with van der Waals surface area (Å²) in [5, 5.41) is 2.83. The third kappa shape index (κ3) is 4.39. The highest BCUT2D eigenvalue weighted by atomic mass is 16.5. The lowest BCUT2D eigenvalue weighted by Gasteiger charge is -2.13. The third-order valence-corrected chi connectivity index (χ3v) is 3.29. The van der Waals surface area contributed by atoms with Crippen molar-refractivity contribution in [2.45, 2.75) is 6.92 Å². The minimum Gasteiger partial charge on any atom is -0.493 e. The molecule has 2 rings (SSSR count). The number of para-hydroxylation sites is 1. The van der Waals surface area contributed by atoms with Crippen LogP contribution in [0, 0.1) is 6.92 Å². The maximum atomic E-state index is 12.0. The van der Waals surface area contributed by atoms with Crippen molar-refractivity contribution in [3.05, 3.63) is 53.6 Å². The van der Waals surface area contributed by atoms with Gasteiger partial charge in [-0.3, -0.25) is 4.79 Å². The molecule has 5 heteroatoms. The summed E-state index contributed by atoms with van der Waals surface area (Å²) < 4.78 is 16.2. The van der Waals surface area contributed by atoms with Gasteiger partial charge in [0.15, 0.2) is 11.5 Å². The number of carbonyl (C=O) groups excluding carboxylic acids is 1. The van der Waals surface area contributed by atoms with E-state index in [0.29, 0.717) is 36.0 Å². The molecule has 0 spiro atoms. The number of rotatable bonds is 7. The van der Waals surface area contributed by atoms with Gasteiger partial charge in [-0.25, -0.2) is 0 Å². The summed E-state index contributed by atoms with van der Waals surface area (Å²) in [6.07, 6.45) is 0. The lowest BCUT2D eigenvalue weighted by atomic mass is 10.1. The number of hydrogen-bond donors (Lipinski definition) is 1. The van der Waals surface area contributed by atoms with E-state index in [-0.39, 0.29) is 5.91 Å². The summed E-state index contributed by atoms with van der Waals surface area (Å²) in [7, 11) is 3.13. The Bertz CT molecular complexity index is 670. The third-order valence-electron chi connectivity index (χ3n) is 3.29. The first-order chi connectivity index (χ1) is 11.2. The predicted molar refractivity (Wildman–Crippen MR) is 88.6 cm³/mol. The van der Waals surface area contributed by atoms with Crippen molar-refractivity contribution in [3.63, 3.8) is 0 Å². The van der Waals surface area contributed by atoms with Crippen molar-refractivity contribution in [2.75, 3.05) is 27.4 Å². The molecule has 0 aromatic heterocycles. The van der Waals surface area contributed by atoms with Crippen LogP contribution in [0.4, 0.5) is 0 Å². The molecule has 0 bridgehead atoms. The van der Waals surface area contributed by atoms with Crippen molar-refractivity contribution < 1.29 is 19.0 Å². The zero-order valence-corrected chi connectivity index (χ0v) is 13.6. The summed E-state index contributed by atoms with van der Waals surface area (Å²) in [5.74, 6) is 1.61. The molecule has 0 saturated heterocycles. The number of ether oxygens (including phenoxy) is 3. The van der Waals surface area contributed by atoms with Gasteiger partial charge in [-0.2, -0.15) is 0 Å². The minimum absolute atomic E-state index is 0.116. The Kier molecular flexibility index (Phi) is 5.86. The lowest BCUT2D eigenvalue weighted by molar-refractivity contribution is 0.0946. The van der Waals surface area contributed by atoms with E-state index in [0.717, 1.165) is 5.56 Å². The number of benzene rings is 2. The molecular weight excluding hydrogens is 294 g/mol. The Morgan fingerprint density at radius 2 is 1.78 bits per heavy atom. The molecule has 1 amide bonds. The second kappa shape index (κ2) is 8.08. The molecule has 0 aliphatic rings. The Balaban J connectivity index is 1.87. The topological polar surface area (TPSA) is 56.8 Å². The molecule has 0 heterocycles. The Hall–Kier alpha value is -2.69. The van der Waals surface area contributed by atoms with E-state index in [9.17, 15) is 4.79 Å². The van der Waals surface area contributed by atoms with Crippen molar-refractivity contribution in [1.82, 2.24) is 5.32 Å². The van der Waals surface area contributed by atoms with Gasteiger partial charge in [0.05, 0.1) is 20.8 Å². The summed E-state index contributed by atoms with van der Waals surface area (Å²) >= 11 is 0. The molecular formula is C18H21NO4. The molecule has 0 radical (unpaired) electrons. The van der Waals surface area contributed by atoms with Crippen molar-refractivity contribution in [2.24, 2.45) is 0 Å². The van der Waals surface area contributed by atoms with Gasteiger partial charge in [0.2, 0.25) is 5.75 Å². The van der Waals surface area contributed by atoms with E-state index in [4.69, 9.17) is 14.2 Å². The standard InChI is InChI=1S/C18H21NO4/c1-13-6-4-7-14(12-13)18(20)19-10-11-23-16-9-5-8-15(21-2)17(16)22-3/h4-9,12H,10-11H2,1-3H3,(H,19,20). The van der Waals surface area contributed by atoms with E-state index in [1.165, 1.54) is 0 Å². The van der Waals surface area contributed by atoms with Gasteiger partial charge in [-0.15, -0.1) is 0 Å². The summed E-state index contributed by atoms with van der Waals surface area (Å²) in [5.41, 5.74) is 1.69. The highest BCUT2D eigenvalue weighted by Gasteiger charge is 2.10. The summed E-state index contributed by atoms with van der Waals surface area (Å²) in [6, 6.07) is 12.9. The van der Waals surface area contributed by atoms with Gasteiger partial charge in [-0.1, -0.05) is 23.8 Å². The van der Waals surface area contributed by atoms with Crippen LogP contribution in [0.5, 0.6) is 17.2 Å². The molecule has 0 atom stereocenters. The van der Waals surface area contributed by atoms with Crippen LogP contribution < -0.4 is 19.5 Å². The fourth-order valence-corrected chi connectivity index (χ4v) is 2.19. The largest absolute Gasteiger partial charge is 0.493 e. The predicted octanol–water partition coefficient (Wildman–Crippen LogP) is 2.82. The van der Waals surface area contributed by atoms with Crippen molar-refractivity contribution >= 4 is 5.91 Å². The van der Waals surface area contributed by atoms with E-state index in [1.807, 2.05) is 31.2 Å². The second-order valence-corrected chi connectivity index (χ2v) is 4.97. The summed E-state index contributed by atoms with van der Waals surface area (Å²) in [6.45, 7) is 2.68. The minimum atomic E-state index is -0.116. The molecule has 0 saturated carbocycles. The van der Waals surface area contributed by atoms with Gasteiger partial charge in [0, 0.05) is 5.56 Å². The average Bonchev–Trinajstić information content (AvgIpc) is 2.58. The van der Waals surface area contributed by atoms with E-state index in [2.05, 4.69) is 5.32 Å². The number of nitrogens with one attached hydrogen (secondary N) is 1. The number of hydrogen-bond acceptors (Lipinski definition) is 4. The average molecular weight is 315 g/mol. The zero-order valence-electron chi connectivity index (χ0n) is 13.6. The number of carbonyl (C=O) groups is 1. The van der Waals surface area contributed by atoms with E-state index >= 15 is 0 Å². The number of amides is 1. The fourth-order valence-electron chi connectivity index (χ4n) is 2.19. The van der Waals surface area contributed by atoms with Crippen LogP contribution in [-0.2, 0) is 0 Å². The highest BCUT2D eigenvalue weighted by molar-refractivity contribution is 5.94. The molecule has 1 N–H and O–H groups in total. The molecule has 2 aromatic carbocycles. The van der Waals surface area contributed by atoms with Gasteiger partial charge in [0.25, 0.3) is 5.91 Å². The van der Waals surface area contributed by atoms with Crippen LogP contribution >= 0.6 is 0 Å². The maximum Gasteiger partial charge on any atom is 0.251 e. The quantitative estimate of drug-likeness (QED) is 0.798. The molecule has 0 aliphatic heterocycles. The molecule has 122 valence electrons. The number of aryl methyl sites for hydroxylation is 1. The van der Waals surface area contributed by atoms with Gasteiger partial charge in [-0.05, 0) is 31.2 Å². The van der Waals surface area contributed by atoms with Crippen LogP contribution in [0.2, 0.25) is 0 Å². The molecule has 0 unspecified atom stereocenters. The maximum absolute atomic E-state index is 12.0. The Morgan fingerprint density at radius 1 is 1.04 bits per heavy atom. The van der Waals surface area contributed by atoms with Gasteiger partial charge >= 0.3 is 0 Å². The zero-order chi connectivity index (χ0) is 16.7. The first-order valence-electron chi connectivity index (χ1n) is 7.34. The van der Waals surface area contributed by atoms with Crippen LogP contribution in [-0.4, -0.2) is 33.3 Å². The molecule has 5 nitrogen and oxygen atoms in total. The van der Waals surface area contributed by atoms with Crippen LogP contribution in [0.1, 0.15) is 15.9 Å². The van der Waals surface area contributed by atoms with Gasteiger partial charge < -0.3 is 19.5 Å². The van der Waals surface area contributed by atoms with Crippen LogP contribution in [0.25, 0.3) is 0 Å². The smallest absolute Gasteiger partial charge is 0.251 e. The van der Waals surface area contributed by atoms with Crippen molar-refractivity contribution in [1.29, 1.82) is 0 Å². The van der Waals surface area contributed by atoms with Crippen molar-refractivity contribution in [3.8, 4) is 17.2 Å². The van der Waals surface area contributed by atoms with E-state index in [1.54, 1.807) is 32.4 Å². The molecule has 2 aromatic rings. The first-order valence-corrected chi connectivity index (χ1v) is 7.34. The first kappa shape index (κ1) is 16.7. The monoisotopic (exact) mass is 315 g/mol. The lowest BCUT2D eigenvalue weighted by Crippen LogP contribution is -2.28. The van der Waals surface area contributed by atoms with Crippen LogP contribution in [0.15, 0.2) is 42.5 Å². The molecule has 23 heavy (non-hydrogen) atoms. The van der Waals surface area contributed by atoms with Crippen LogP contribution in [0.3, 0.4) is 0 Å². The summed E-state index contributed by atoms with van der Waals surface area (Å²) in [4.78, 5) is 12.0. The Labute approximate surface area is 136 Å². The molecule has 0 aliphatic carbocycles. The second-order valence-electron chi connectivity index (χ2n) is 4.97. The number of methoxy groups -OCH3 is 2. The fraction of sp³-hybridized carbons (Fsp3) is 0.278. The SMILES string of the molecule is COc1cccc(OCCNC(=O)c2cccc(C)c2)c1OC. The van der Waals surface area contributed by atoms with Gasteiger partial charge in [0.1, 0.15) is 6.61 Å². The Morgan fingerprint density at radius 3 is 2.48 bits per heavy atom. The molecule has 0 fully saturated rings.